The number of amides is 1. The molecule has 0 atom stereocenters. The van der Waals surface area contributed by atoms with E-state index in [2.05, 4.69) is 25.5 Å². The zero-order valence-electron chi connectivity index (χ0n) is 15.7. The van der Waals surface area contributed by atoms with Crippen molar-refractivity contribution < 1.29 is 9.53 Å². The van der Waals surface area contributed by atoms with E-state index in [0.29, 0.717) is 29.2 Å². The van der Waals surface area contributed by atoms with Crippen LogP contribution in [0.15, 0.2) is 40.5 Å². The number of hydrogen-bond donors (Lipinski definition) is 2. The predicted octanol–water partition coefficient (Wildman–Crippen LogP) is 1.53. The minimum absolute atomic E-state index is 0.129. The van der Waals surface area contributed by atoms with Crippen LogP contribution < -0.4 is 10.9 Å². The predicted molar refractivity (Wildman–Crippen MR) is 107 cm³/mol. The number of carbonyl (C=O) groups excluding carboxylic acids is 1. The van der Waals surface area contributed by atoms with Gasteiger partial charge in [-0.25, -0.2) is 14.6 Å². The third-order valence-electron chi connectivity index (χ3n) is 3.79. The highest BCUT2D eigenvalue weighted by molar-refractivity contribution is 7.99. The second kappa shape index (κ2) is 9.47. The summed E-state index contributed by atoms with van der Waals surface area (Å²) < 4.78 is 6.78. The van der Waals surface area contributed by atoms with E-state index in [1.807, 2.05) is 19.9 Å². The van der Waals surface area contributed by atoms with E-state index >= 15 is 0 Å². The van der Waals surface area contributed by atoms with Gasteiger partial charge in [0.15, 0.2) is 5.16 Å². The molecule has 2 heterocycles. The van der Waals surface area contributed by atoms with Gasteiger partial charge in [-0.1, -0.05) is 23.9 Å². The first-order valence-electron chi connectivity index (χ1n) is 8.95. The van der Waals surface area contributed by atoms with Gasteiger partial charge < -0.3 is 10.1 Å². The Balaban J connectivity index is 1.71. The van der Waals surface area contributed by atoms with Gasteiger partial charge >= 0.3 is 0 Å². The number of fused-ring (bicyclic) bond motifs is 1. The molecule has 0 aliphatic heterocycles. The highest BCUT2D eigenvalue weighted by Crippen LogP contribution is 2.19. The number of H-pyrrole nitrogens is 1. The van der Waals surface area contributed by atoms with Gasteiger partial charge in [0, 0.05) is 13.2 Å². The number of para-hydroxylation sites is 1. The van der Waals surface area contributed by atoms with Gasteiger partial charge in [0.1, 0.15) is 6.33 Å². The van der Waals surface area contributed by atoms with E-state index in [1.54, 1.807) is 18.2 Å². The maximum Gasteiger partial charge on any atom is 0.269 e. The van der Waals surface area contributed by atoms with Crippen LogP contribution in [0.3, 0.4) is 0 Å². The van der Waals surface area contributed by atoms with Gasteiger partial charge in [-0.3, -0.25) is 9.59 Å². The first kappa shape index (κ1) is 20.0. The molecule has 0 saturated heterocycles. The molecule has 0 unspecified atom stereocenters. The van der Waals surface area contributed by atoms with Crippen molar-refractivity contribution in [3.63, 3.8) is 0 Å². The molecule has 0 fully saturated rings. The SMILES string of the molecule is CC(C)OCCCNC(=O)CSc1nc2ccccc2c(=O)n1-c1ncn[nH]1. The Kier molecular flexibility index (Phi) is 6.77. The Hall–Kier alpha value is -2.72. The van der Waals surface area contributed by atoms with Gasteiger partial charge in [0.2, 0.25) is 11.9 Å². The minimum atomic E-state index is -0.268. The second-order valence-electron chi connectivity index (χ2n) is 6.27. The Labute approximate surface area is 165 Å². The number of hydrogen-bond acceptors (Lipinski definition) is 7. The molecule has 1 aromatic carbocycles. The fourth-order valence-corrected chi connectivity index (χ4v) is 3.33. The molecule has 9 nitrogen and oxygen atoms in total. The van der Waals surface area contributed by atoms with Crippen molar-refractivity contribution in [1.82, 2.24) is 30.0 Å². The van der Waals surface area contributed by atoms with Crippen LogP contribution in [0.2, 0.25) is 0 Å². The number of aromatic nitrogens is 5. The Morgan fingerprint density at radius 1 is 1.36 bits per heavy atom. The maximum absolute atomic E-state index is 12.9. The fourth-order valence-electron chi connectivity index (χ4n) is 2.50. The van der Waals surface area contributed by atoms with Crippen LogP contribution >= 0.6 is 11.8 Å². The smallest absolute Gasteiger partial charge is 0.269 e. The number of nitrogens with zero attached hydrogens (tertiary/aromatic N) is 4. The normalized spacial score (nSPS) is 11.2. The van der Waals surface area contributed by atoms with E-state index in [9.17, 15) is 9.59 Å². The van der Waals surface area contributed by atoms with E-state index in [1.165, 1.54) is 22.7 Å². The van der Waals surface area contributed by atoms with Crippen LogP contribution in [0.4, 0.5) is 0 Å². The molecule has 1 amide bonds. The molecule has 0 spiro atoms. The Bertz CT molecular complexity index is 987. The summed E-state index contributed by atoms with van der Waals surface area (Å²) >= 11 is 1.17. The lowest BCUT2D eigenvalue weighted by atomic mass is 10.2. The zero-order valence-corrected chi connectivity index (χ0v) is 16.5. The number of ether oxygens (including phenoxy) is 1. The summed E-state index contributed by atoms with van der Waals surface area (Å²) in [5.41, 5.74) is 0.299. The third-order valence-corrected chi connectivity index (χ3v) is 4.72. The van der Waals surface area contributed by atoms with Crippen LogP contribution in [0, 0.1) is 0 Å². The topological polar surface area (TPSA) is 115 Å². The Morgan fingerprint density at radius 3 is 2.93 bits per heavy atom. The monoisotopic (exact) mass is 402 g/mol. The van der Waals surface area contributed by atoms with Gasteiger partial charge in [-0.15, -0.1) is 0 Å². The first-order chi connectivity index (χ1) is 13.6. The van der Waals surface area contributed by atoms with E-state index in [-0.39, 0.29) is 29.3 Å². The molecule has 2 N–H and O–H groups in total. The summed E-state index contributed by atoms with van der Waals surface area (Å²) in [5.74, 6) is 0.252. The second-order valence-corrected chi connectivity index (χ2v) is 7.22. The van der Waals surface area contributed by atoms with Crippen LogP contribution in [-0.2, 0) is 9.53 Å². The lowest BCUT2D eigenvalue weighted by Crippen LogP contribution is -2.28. The van der Waals surface area contributed by atoms with Gasteiger partial charge in [-0.05, 0) is 32.4 Å². The van der Waals surface area contributed by atoms with E-state index in [0.717, 1.165) is 6.42 Å². The molecule has 0 radical (unpaired) electrons. The summed E-state index contributed by atoms with van der Waals surface area (Å²) in [6, 6.07) is 7.06. The minimum Gasteiger partial charge on any atom is -0.379 e. The highest BCUT2D eigenvalue weighted by Gasteiger charge is 2.16. The lowest BCUT2D eigenvalue weighted by Gasteiger charge is -2.11. The standard InChI is InChI=1S/C18H22N6O3S/c1-12(2)27-9-5-8-19-15(25)10-28-18-22-14-7-4-3-6-13(14)16(26)24(18)17-20-11-21-23-17/h3-4,6-7,11-12H,5,8-10H2,1-2H3,(H,19,25)(H,20,21,23). The summed E-state index contributed by atoms with van der Waals surface area (Å²) in [6.07, 6.45) is 2.24. The number of rotatable bonds is 9. The number of aromatic amines is 1. The molecule has 0 saturated carbocycles. The molecule has 3 aromatic rings. The first-order valence-corrected chi connectivity index (χ1v) is 9.93. The summed E-state index contributed by atoms with van der Waals surface area (Å²) in [7, 11) is 0. The van der Waals surface area contributed by atoms with Crippen molar-refractivity contribution in [2.75, 3.05) is 18.9 Å². The number of nitrogens with one attached hydrogen (secondary N) is 2. The summed E-state index contributed by atoms with van der Waals surface area (Å²) in [6.45, 7) is 5.08. The van der Waals surface area contributed by atoms with Gasteiger partial charge in [0.05, 0.1) is 22.8 Å². The van der Waals surface area contributed by atoms with Gasteiger partial charge in [-0.2, -0.15) is 10.1 Å². The van der Waals surface area contributed by atoms with Crippen molar-refractivity contribution in [3.8, 4) is 5.95 Å². The molecular weight excluding hydrogens is 380 g/mol. The molecule has 2 aromatic heterocycles. The lowest BCUT2D eigenvalue weighted by molar-refractivity contribution is -0.118. The average Bonchev–Trinajstić information content (AvgIpc) is 3.20. The maximum atomic E-state index is 12.9. The van der Waals surface area contributed by atoms with Crippen molar-refractivity contribution in [3.05, 3.63) is 40.9 Å². The Morgan fingerprint density at radius 2 is 2.18 bits per heavy atom. The van der Waals surface area contributed by atoms with E-state index < -0.39 is 0 Å². The van der Waals surface area contributed by atoms with Crippen LogP contribution in [-0.4, -0.2) is 55.6 Å². The molecule has 0 aliphatic rings. The molecule has 3 rings (SSSR count). The zero-order chi connectivity index (χ0) is 19.9. The highest BCUT2D eigenvalue weighted by atomic mass is 32.2. The van der Waals surface area contributed by atoms with Crippen LogP contribution in [0.1, 0.15) is 20.3 Å². The summed E-state index contributed by atoms with van der Waals surface area (Å²) in [5, 5.41) is 10.2. The van der Waals surface area contributed by atoms with E-state index in [4.69, 9.17) is 4.74 Å². The van der Waals surface area contributed by atoms with Crippen LogP contribution in [0.25, 0.3) is 16.9 Å². The van der Waals surface area contributed by atoms with Crippen LogP contribution in [0.5, 0.6) is 0 Å². The number of carbonyl (C=O) groups is 1. The molecule has 0 bridgehead atoms. The number of thioether (sulfide) groups is 1. The van der Waals surface area contributed by atoms with Crippen molar-refractivity contribution in [2.24, 2.45) is 0 Å². The fraction of sp³-hybridized carbons (Fsp3) is 0.389. The van der Waals surface area contributed by atoms with Gasteiger partial charge in [0.25, 0.3) is 5.56 Å². The summed E-state index contributed by atoms with van der Waals surface area (Å²) in [4.78, 5) is 33.6. The van der Waals surface area contributed by atoms with Crippen molar-refractivity contribution in [2.45, 2.75) is 31.5 Å². The van der Waals surface area contributed by atoms with Crippen molar-refractivity contribution >= 4 is 28.6 Å². The number of benzene rings is 1. The molecular formula is C18H22N6O3S. The molecule has 10 heteroatoms. The largest absolute Gasteiger partial charge is 0.379 e. The molecule has 148 valence electrons. The molecule has 28 heavy (non-hydrogen) atoms. The molecule has 0 aliphatic carbocycles. The third kappa shape index (κ3) is 4.96. The van der Waals surface area contributed by atoms with Crippen molar-refractivity contribution in [1.29, 1.82) is 0 Å². The average molecular weight is 402 g/mol. The quantitative estimate of drug-likeness (QED) is 0.317.